The van der Waals surface area contributed by atoms with Crippen molar-refractivity contribution in [2.24, 2.45) is 0 Å². The molecule has 0 bridgehead atoms. The number of halogens is 9. The van der Waals surface area contributed by atoms with Crippen LogP contribution in [-0.4, -0.2) is 200 Å². The average molecular weight is 1850 g/mol. The molecule has 1 fully saturated rings. The molecule has 0 aliphatic carbocycles. The zero-order valence-electron chi connectivity index (χ0n) is 75.4. The lowest BCUT2D eigenvalue weighted by Crippen LogP contribution is -2.44. The van der Waals surface area contributed by atoms with Crippen LogP contribution < -0.4 is 49.9 Å². The zero-order chi connectivity index (χ0) is 95.0. The van der Waals surface area contributed by atoms with E-state index in [-0.39, 0.29) is 86.5 Å². The van der Waals surface area contributed by atoms with E-state index in [9.17, 15) is 59.9 Å². The van der Waals surface area contributed by atoms with E-state index in [1.807, 2.05) is 153 Å². The van der Waals surface area contributed by atoms with Crippen LogP contribution in [0.4, 0.5) is 49.1 Å². The Hall–Kier alpha value is -11.9. The van der Waals surface area contributed by atoms with Gasteiger partial charge in [-0.05, 0) is 258 Å². The maximum atomic E-state index is 13.3. The number of likely N-dealkylation sites (N-methyl/N-ethyl adjacent to an activating group) is 3. The molecule has 0 radical (unpaired) electrons. The molecule has 31 heteroatoms. The third-order valence-electron chi connectivity index (χ3n) is 20.9. The van der Waals surface area contributed by atoms with Gasteiger partial charge in [0.15, 0.2) is 0 Å². The predicted octanol–water partition coefficient (Wildman–Crippen LogP) is 19.9. The molecular weight excluding hydrogens is 1740 g/mol. The van der Waals surface area contributed by atoms with E-state index in [1.54, 1.807) is 92.7 Å². The Kier molecular flexibility index (Phi) is 36.9. The Morgan fingerprint density at radius 3 is 1.52 bits per heavy atom. The molecule has 0 atom stereocenters. The first-order chi connectivity index (χ1) is 61.7. The SMILES string of the molecule is CCOc1cccc(OCCN(C)C)c1C(=O)c1ccc(C)c(C(F)(F)F)c1.CCOc1cccc2c1C(=O)N(Cc1ccc(Cl)c(C)c1)C2=O.Cc1cc(NC(=O)c2c(C)cccc2OCCN2CCNCC2)ccc1Cl.Cc1cc(NC(=O)c2ccccc2NCCN(C)C)ccc1Cl.Cc1ccc(N2C(=O)c3c(C)ccc(OCCN(C)C)c3C2=O)cc1C(F)(F)F. The van der Waals surface area contributed by atoms with Crippen molar-refractivity contribution in [1.82, 2.24) is 29.8 Å². The third-order valence-corrected chi connectivity index (χ3v) is 22.2. The molecule has 3 heterocycles. The van der Waals surface area contributed by atoms with E-state index in [0.29, 0.717) is 101 Å². The molecule has 6 amide bonds. The van der Waals surface area contributed by atoms with Crippen LogP contribution >= 0.6 is 34.8 Å². The Morgan fingerprint density at radius 2 is 0.938 bits per heavy atom. The lowest BCUT2D eigenvalue weighted by molar-refractivity contribution is -0.138. The van der Waals surface area contributed by atoms with Gasteiger partial charge in [0.1, 0.15) is 54.1 Å². The number of anilines is 4. The van der Waals surface area contributed by atoms with Crippen LogP contribution in [0.5, 0.6) is 28.7 Å². The van der Waals surface area contributed by atoms with Gasteiger partial charge in [-0.15, -0.1) is 0 Å². The molecular formula is C99H109Cl3F6N10O12. The van der Waals surface area contributed by atoms with Gasteiger partial charge >= 0.3 is 12.4 Å². The molecule has 4 N–H and O–H groups in total. The summed E-state index contributed by atoms with van der Waals surface area (Å²) in [6.07, 6.45) is -9.13. The quantitative estimate of drug-likeness (QED) is 0.0194. The molecule has 1 saturated heterocycles. The standard InChI is InChI=1S/C21H26ClN3O2.C21H21F3N2O3.C21H24F3NO3.C18H22ClN3O.C18H16ClNO3/c1-15-4-3-5-19(27-13-12-25-10-8-23-9-11-25)20(15)21(26)24-17-6-7-18(22)16(2)14-17;1-12-5-7-14(11-15(12)21(22,23)24)26-19(27)17-13(2)6-8-16(18(17)20(26)28)29-10-9-25(3)4;1-5-27-17-7-6-8-18(28-12-11-25(3)4)19(17)20(26)15-10-9-14(2)16(13-15)21(22,23)24;1-13-12-14(8-9-16(13)19)21-18(23)15-6-4-5-7-17(15)20-10-11-22(2)3;1-3-23-15-6-4-5-13-16(15)18(22)20(17(13)21)10-12-7-8-14(19)11(2)9-12/h3-7,14,23H,8-13H2,1-2H3,(H,24,26);5-8,11H,9-10H2,1-4H3;6-10,13H,5,11-12H2,1-4H3;4-9,12,20H,10-11H2,1-3H3,(H,21,23);4-9H,3,10H2,1-2H3. The highest BCUT2D eigenvalue weighted by molar-refractivity contribution is 6.36. The number of hydrogen-bond donors (Lipinski definition) is 4. The Bertz CT molecular complexity index is 5710. The summed E-state index contributed by atoms with van der Waals surface area (Å²) in [5, 5.41) is 14.6. The first-order valence-electron chi connectivity index (χ1n) is 42.1. The summed E-state index contributed by atoms with van der Waals surface area (Å²) in [6.45, 7) is 25.6. The summed E-state index contributed by atoms with van der Waals surface area (Å²) >= 11 is 18.1. The van der Waals surface area contributed by atoms with Crippen molar-refractivity contribution in [1.29, 1.82) is 0 Å². The second kappa shape index (κ2) is 47.1. The Morgan fingerprint density at radius 1 is 0.446 bits per heavy atom. The van der Waals surface area contributed by atoms with Crippen molar-refractivity contribution in [2.45, 2.75) is 81.2 Å². The number of piperazine rings is 1. The number of nitrogens with one attached hydrogen (secondary N) is 4. The van der Waals surface area contributed by atoms with Crippen LogP contribution in [0, 0.1) is 48.5 Å². The number of benzene rings is 10. The molecule has 0 unspecified atom stereocenters. The second-order valence-corrected chi connectivity index (χ2v) is 32.9. The smallest absolute Gasteiger partial charge is 0.416 e. The summed E-state index contributed by atoms with van der Waals surface area (Å²) in [7, 11) is 11.5. The number of hydrogen-bond acceptors (Lipinski definition) is 18. The van der Waals surface area contributed by atoms with E-state index in [1.165, 1.54) is 43.0 Å². The van der Waals surface area contributed by atoms with Crippen molar-refractivity contribution in [3.8, 4) is 28.7 Å². The predicted molar refractivity (Wildman–Crippen MR) is 500 cm³/mol. The number of nitrogens with zero attached hydrogens (tertiary/aromatic N) is 6. The van der Waals surface area contributed by atoms with Gasteiger partial charge in [0, 0.05) is 96.6 Å². The molecule has 130 heavy (non-hydrogen) atoms. The molecule has 690 valence electrons. The largest absolute Gasteiger partial charge is 0.493 e. The normalized spacial score (nSPS) is 12.9. The fourth-order valence-electron chi connectivity index (χ4n) is 14.0. The van der Waals surface area contributed by atoms with Crippen molar-refractivity contribution >= 4 is 98.8 Å². The molecule has 3 aliphatic heterocycles. The monoisotopic (exact) mass is 1850 g/mol. The van der Waals surface area contributed by atoms with Gasteiger partial charge in [-0.2, -0.15) is 26.3 Å². The van der Waals surface area contributed by atoms with E-state index in [4.69, 9.17) is 58.5 Å². The van der Waals surface area contributed by atoms with Gasteiger partial charge in [-0.1, -0.05) is 108 Å². The number of carbonyl (C=O) groups is 7. The first kappa shape index (κ1) is 102. The fourth-order valence-corrected chi connectivity index (χ4v) is 14.3. The first-order valence-corrected chi connectivity index (χ1v) is 43.2. The van der Waals surface area contributed by atoms with Crippen molar-refractivity contribution in [3.05, 3.63) is 297 Å². The summed E-state index contributed by atoms with van der Waals surface area (Å²) in [6, 6.07) is 49.8. The van der Waals surface area contributed by atoms with Crippen molar-refractivity contribution in [3.63, 3.8) is 0 Å². The lowest BCUT2D eigenvalue weighted by atomic mass is 9.97. The number of aryl methyl sites for hydroxylation is 7. The molecule has 0 aromatic heterocycles. The molecule has 10 aromatic carbocycles. The maximum absolute atomic E-state index is 13.3. The summed E-state index contributed by atoms with van der Waals surface area (Å²) in [5.41, 5.74) is 7.85. The number of fused-ring (bicyclic) bond motifs is 2. The minimum Gasteiger partial charge on any atom is -0.493 e. The van der Waals surface area contributed by atoms with E-state index in [2.05, 4.69) is 31.1 Å². The molecule has 13 rings (SSSR count). The van der Waals surface area contributed by atoms with E-state index < -0.39 is 41.1 Å². The van der Waals surface area contributed by atoms with Gasteiger partial charge in [0.2, 0.25) is 5.78 Å². The van der Waals surface area contributed by atoms with E-state index >= 15 is 0 Å². The number of rotatable bonds is 29. The number of amides is 6. The van der Waals surface area contributed by atoms with E-state index in [0.717, 1.165) is 108 Å². The number of alkyl halides is 6. The van der Waals surface area contributed by atoms with Crippen molar-refractivity contribution in [2.75, 3.05) is 155 Å². The number of ketones is 1. The van der Waals surface area contributed by atoms with Gasteiger partial charge in [-0.25, -0.2) is 4.90 Å². The summed E-state index contributed by atoms with van der Waals surface area (Å²) in [4.78, 5) is 100. The van der Waals surface area contributed by atoms with Crippen LogP contribution in [0.25, 0.3) is 0 Å². The number of carbonyl (C=O) groups excluding carboxylic acids is 7. The van der Waals surface area contributed by atoms with Gasteiger partial charge in [0.05, 0.1) is 70.0 Å². The Balaban J connectivity index is 0.000000184. The maximum Gasteiger partial charge on any atom is 0.416 e. The van der Waals surface area contributed by atoms with Gasteiger partial charge in [0.25, 0.3) is 35.4 Å². The topological polar surface area (TPSA) is 233 Å². The number of ether oxygens (including phenoxy) is 5. The minimum absolute atomic E-state index is 0.0155. The molecule has 10 aromatic rings. The second-order valence-electron chi connectivity index (χ2n) is 31.7. The molecule has 22 nitrogen and oxygen atoms in total. The lowest BCUT2D eigenvalue weighted by Gasteiger charge is -2.27. The summed E-state index contributed by atoms with van der Waals surface area (Å²) < 4.78 is 108. The number of imide groups is 2. The van der Waals surface area contributed by atoms with Gasteiger partial charge in [-0.3, -0.25) is 43.4 Å². The zero-order valence-corrected chi connectivity index (χ0v) is 77.7. The highest BCUT2D eigenvalue weighted by Gasteiger charge is 2.43. The third kappa shape index (κ3) is 27.4. The highest BCUT2D eigenvalue weighted by atomic mass is 35.5. The van der Waals surface area contributed by atoms with Crippen LogP contribution in [0.3, 0.4) is 0 Å². The van der Waals surface area contributed by atoms with Crippen LogP contribution in [-0.2, 0) is 18.9 Å². The molecule has 0 saturated carbocycles. The molecule has 0 spiro atoms. The summed E-state index contributed by atoms with van der Waals surface area (Å²) in [5.74, 6) is -0.955. The average Bonchev–Trinajstić information content (AvgIpc) is 1.59. The van der Waals surface area contributed by atoms with Crippen LogP contribution in [0.1, 0.15) is 148 Å². The fraction of sp³-hybridized carbons (Fsp3) is 0.323. The molecule has 3 aliphatic rings. The number of para-hydroxylation sites is 1. The van der Waals surface area contributed by atoms with Crippen LogP contribution in [0.15, 0.2) is 182 Å². The van der Waals surface area contributed by atoms with Crippen LogP contribution in [0.2, 0.25) is 15.1 Å². The minimum atomic E-state index is -4.59. The van der Waals surface area contributed by atoms with Crippen molar-refractivity contribution < 1.29 is 83.6 Å². The highest BCUT2D eigenvalue weighted by Crippen LogP contribution is 2.42. The Labute approximate surface area is 770 Å². The van der Waals surface area contributed by atoms with Gasteiger partial charge < -0.3 is 59.7 Å².